The zero-order valence-electron chi connectivity index (χ0n) is 14.5. The molecule has 0 aromatic heterocycles. The van der Waals surface area contributed by atoms with Crippen LogP contribution >= 0.6 is 0 Å². The minimum Gasteiger partial charge on any atom is -0.329 e. The first-order chi connectivity index (χ1) is 12.3. The van der Waals surface area contributed by atoms with Crippen molar-refractivity contribution in [1.82, 2.24) is 15.1 Å². The normalized spacial score (nSPS) is 22.2. The average Bonchev–Trinajstić information content (AvgIpc) is 3.06. The van der Waals surface area contributed by atoms with Gasteiger partial charge < -0.3 is 10.2 Å². The lowest BCUT2D eigenvalue weighted by Gasteiger charge is -2.36. The van der Waals surface area contributed by atoms with E-state index in [-0.39, 0.29) is 12.1 Å². The number of amides is 2. The molecule has 2 heterocycles. The maximum Gasteiger partial charge on any atom is 0.318 e. The summed E-state index contributed by atoms with van der Waals surface area (Å²) in [6.07, 6.45) is 2.11. The quantitative estimate of drug-likeness (QED) is 0.929. The van der Waals surface area contributed by atoms with Crippen molar-refractivity contribution in [3.63, 3.8) is 0 Å². The lowest BCUT2D eigenvalue weighted by atomic mass is 10.0. The zero-order chi connectivity index (χ0) is 17.1. The van der Waals surface area contributed by atoms with Crippen molar-refractivity contribution in [2.75, 3.05) is 19.6 Å². The zero-order valence-corrected chi connectivity index (χ0v) is 14.5. The first-order valence-electron chi connectivity index (χ1n) is 9.18. The minimum atomic E-state index is 0.0929. The van der Waals surface area contributed by atoms with Crippen LogP contribution in [0.3, 0.4) is 0 Å². The van der Waals surface area contributed by atoms with E-state index in [0.717, 1.165) is 39.0 Å². The maximum absolute atomic E-state index is 12.4. The number of hydrogen-bond acceptors (Lipinski definition) is 2. The number of nitrogens with one attached hydrogen (secondary N) is 1. The Morgan fingerprint density at radius 2 is 1.56 bits per heavy atom. The van der Waals surface area contributed by atoms with Crippen molar-refractivity contribution in [3.05, 3.63) is 71.8 Å². The second-order valence-electron chi connectivity index (χ2n) is 7.06. The Labute approximate surface area is 149 Å². The summed E-state index contributed by atoms with van der Waals surface area (Å²) in [6.45, 7) is 3.90. The Bertz CT molecular complexity index is 696. The lowest BCUT2D eigenvalue weighted by Crippen LogP contribution is -2.45. The van der Waals surface area contributed by atoms with Gasteiger partial charge in [-0.05, 0) is 24.0 Å². The van der Waals surface area contributed by atoms with Gasteiger partial charge in [0.1, 0.15) is 0 Å². The summed E-state index contributed by atoms with van der Waals surface area (Å²) in [5.74, 6) is 0. The molecule has 2 aliphatic rings. The van der Waals surface area contributed by atoms with Crippen LogP contribution in [0.2, 0.25) is 0 Å². The number of nitrogens with zero attached hydrogens (tertiary/aromatic N) is 2. The van der Waals surface area contributed by atoms with E-state index < -0.39 is 0 Å². The van der Waals surface area contributed by atoms with Gasteiger partial charge in [-0.25, -0.2) is 4.79 Å². The highest BCUT2D eigenvalue weighted by molar-refractivity contribution is 5.77. The summed E-state index contributed by atoms with van der Waals surface area (Å²) in [7, 11) is 0. The van der Waals surface area contributed by atoms with Crippen molar-refractivity contribution >= 4 is 6.03 Å². The highest BCUT2D eigenvalue weighted by Gasteiger charge is 2.35. The summed E-state index contributed by atoms with van der Waals surface area (Å²) in [5, 5.41) is 3.14. The first kappa shape index (κ1) is 16.2. The fraction of sp³-hybridized carbons (Fsp3) is 0.381. The number of hydrogen-bond donors (Lipinski definition) is 1. The number of carbonyl (C=O) groups is 1. The molecule has 2 fully saturated rings. The highest BCUT2D eigenvalue weighted by atomic mass is 16.2. The molecular weight excluding hydrogens is 310 g/mol. The van der Waals surface area contributed by atoms with E-state index in [0.29, 0.717) is 6.04 Å². The molecule has 130 valence electrons. The first-order valence-corrected chi connectivity index (χ1v) is 9.18. The van der Waals surface area contributed by atoms with E-state index >= 15 is 0 Å². The molecule has 4 heteroatoms. The summed E-state index contributed by atoms with van der Waals surface area (Å²) < 4.78 is 0. The number of carbonyl (C=O) groups excluding carboxylic acids is 1. The number of urea groups is 1. The van der Waals surface area contributed by atoms with E-state index in [4.69, 9.17) is 0 Å². The van der Waals surface area contributed by atoms with Crippen LogP contribution in [0.1, 0.15) is 30.0 Å². The summed E-state index contributed by atoms with van der Waals surface area (Å²) in [5.41, 5.74) is 2.56. The van der Waals surface area contributed by atoms with Crippen LogP contribution in [-0.4, -0.2) is 41.5 Å². The van der Waals surface area contributed by atoms with Gasteiger partial charge in [-0.3, -0.25) is 4.90 Å². The van der Waals surface area contributed by atoms with Crippen LogP contribution in [0.25, 0.3) is 0 Å². The number of likely N-dealkylation sites (tertiary alicyclic amines) is 1. The van der Waals surface area contributed by atoms with Crippen molar-refractivity contribution in [1.29, 1.82) is 0 Å². The number of rotatable bonds is 4. The summed E-state index contributed by atoms with van der Waals surface area (Å²) in [6, 6.07) is 21.5. The third-order valence-electron chi connectivity index (χ3n) is 5.39. The van der Waals surface area contributed by atoms with Crippen LogP contribution in [0.15, 0.2) is 60.7 Å². The molecule has 0 saturated carbocycles. The Kier molecular flexibility index (Phi) is 4.70. The molecule has 0 spiro atoms. The van der Waals surface area contributed by atoms with Gasteiger partial charge in [0.25, 0.3) is 0 Å². The van der Waals surface area contributed by atoms with E-state index in [9.17, 15) is 4.79 Å². The Balaban J connectivity index is 1.32. The van der Waals surface area contributed by atoms with Gasteiger partial charge in [-0.2, -0.15) is 0 Å². The fourth-order valence-corrected chi connectivity index (χ4v) is 3.98. The smallest absolute Gasteiger partial charge is 0.318 e. The average molecular weight is 335 g/mol. The SMILES string of the molecule is O=C1N[C@H](c2ccccc2)CN1C1CCN(Cc2ccccc2)CC1. The molecule has 2 aromatic carbocycles. The third kappa shape index (κ3) is 3.69. The third-order valence-corrected chi connectivity index (χ3v) is 5.39. The number of benzene rings is 2. The molecule has 4 nitrogen and oxygen atoms in total. The molecule has 0 radical (unpaired) electrons. The molecule has 4 rings (SSSR count). The van der Waals surface area contributed by atoms with E-state index in [1.54, 1.807) is 0 Å². The second-order valence-corrected chi connectivity index (χ2v) is 7.06. The Morgan fingerprint density at radius 1 is 0.920 bits per heavy atom. The maximum atomic E-state index is 12.4. The van der Waals surface area contributed by atoms with Gasteiger partial charge >= 0.3 is 6.03 Å². The molecule has 2 aliphatic heterocycles. The van der Waals surface area contributed by atoms with Crippen molar-refractivity contribution in [2.45, 2.75) is 31.5 Å². The van der Waals surface area contributed by atoms with E-state index in [1.807, 2.05) is 18.2 Å². The van der Waals surface area contributed by atoms with Crippen LogP contribution < -0.4 is 5.32 Å². The molecule has 25 heavy (non-hydrogen) atoms. The summed E-state index contributed by atoms with van der Waals surface area (Å²) >= 11 is 0. The van der Waals surface area contributed by atoms with Gasteiger partial charge in [0.15, 0.2) is 0 Å². The summed E-state index contributed by atoms with van der Waals surface area (Å²) in [4.78, 5) is 17.0. The highest BCUT2D eigenvalue weighted by Crippen LogP contribution is 2.26. The van der Waals surface area contributed by atoms with Gasteiger partial charge in [0, 0.05) is 32.2 Å². The minimum absolute atomic E-state index is 0.0929. The molecule has 2 saturated heterocycles. The van der Waals surface area contributed by atoms with Crippen molar-refractivity contribution in [3.8, 4) is 0 Å². The van der Waals surface area contributed by atoms with Gasteiger partial charge in [0.2, 0.25) is 0 Å². The molecule has 1 N–H and O–H groups in total. The predicted octanol–water partition coefficient (Wildman–Crippen LogP) is 3.42. The van der Waals surface area contributed by atoms with Gasteiger partial charge in [0.05, 0.1) is 6.04 Å². The molecule has 2 amide bonds. The van der Waals surface area contributed by atoms with Crippen LogP contribution in [-0.2, 0) is 6.54 Å². The fourth-order valence-electron chi connectivity index (χ4n) is 3.98. The molecular formula is C21H25N3O. The topological polar surface area (TPSA) is 35.6 Å². The molecule has 0 unspecified atom stereocenters. The Hall–Kier alpha value is -2.33. The van der Waals surface area contributed by atoms with Gasteiger partial charge in [-0.15, -0.1) is 0 Å². The molecule has 0 aliphatic carbocycles. The second kappa shape index (κ2) is 7.28. The predicted molar refractivity (Wildman–Crippen MR) is 99.2 cm³/mol. The van der Waals surface area contributed by atoms with E-state index in [2.05, 4.69) is 57.6 Å². The number of piperidine rings is 1. The van der Waals surface area contributed by atoms with Gasteiger partial charge in [-0.1, -0.05) is 60.7 Å². The van der Waals surface area contributed by atoms with E-state index in [1.165, 1.54) is 11.1 Å². The van der Waals surface area contributed by atoms with Crippen molar-refractivity contribution < 1.29 is 4.79 Å². The van der Waals surface area contributed by atoms with Crippen LogP contribution in [0.4, 0.5) is 4.79 Å². The van der Waals surface area contributed by atoms with Crippen molar-refractivity contribution in [2.24, 2.45) is 0 Å². The molecule has 0 bridgehead atoms. The van der Waals surface area contributed by atoms with Crippen LogP contribution in [0.5, 0.6) is 0 Å². The molecule has 2 aromatic rings. The standard InChI is InChI=1S/C21H25N3O/c25-21-22-20(18-9-5-2-6-10-18)16-24(21)19-11-13-23(14-12-19)15-17-7-3-1-4-8-17/h1-10,19-20H,11-16H2,(H,22,25)/t20-/m0/s1. The largest absolute Gasteiger partial charge is 0.329 e. The van der Waals surface area contributed by atoms with Crippen LogP contribution in [0, 0.1) is 0 Å². The molecule has 1 atom stereocenters. The monoisotopic (exact) mass is 335 g/mol. The Morgan fingerprint density at radius 3 is 2.24 bits per heavy atom. The lowest BCUT2D eigenvalue weighted by molar-refractivity contribution is 0.131.